The van der Waals surface area contributed by atoms with Gasteiger partial charge in [-0.2, -0.15) is 4.31 Å². The van der Waals surface area contributed by atoms with Crippen LogP contribution in [0.2, 0.25) is 0 Å². The molecule has 2 rings (SSSR count). The molecule has 7 nitrogen and oxygen atoms in total. The number of hydrogen-bond acceptors (Lipinski definition) is 6. The van der Waals surface area contributed by atoms with Gasteiger partial charge in [0.1, 0.15) is 4.21 Å². The minimum Gasteiger partial charge on any atom is -0.372 e. The first-order valence-corrected chi connectivity index (χ1v) is 9.04. The van der Waals surface area contributed by atoms with E-state index in [1.807, 2.05) is 6.92 Å². The van der Waals surface area contributed by atoms with Crippen molar-refractivity contribution in [3.05, 3.63) is 16.2 Å². The van der Waals surface area contributed by atoms with Gasteiger partial charge in [-0.05, 0) is 32.6 Å². The summed E-state index contributed by atoms with van der Waals surface area (Å²) in [5.41, 5.74) is -0.187. The van der Waals surface area contributed by atoms with Crippen LogP contribution >= 0.6 is 11.3 Å². The molecule has 1 unspecified atom stereocenters. The number of nitro groups is 1. The molecule has 0 radical (unpaired) electrons. The van der Waals surface area contributed by atoms with E-state index >= 15 is 0 Å². The van der Waals surface area contributed by atoms with Gasteiger partial charge in [0.15, 0.2) is 5.00 Å². The second-order valence-electron chi connectivity index (χ2n) is 5.17. The highest BCUT2D eigenvalue weighted by molar-refractivity contribution is 7.91. The van der Waals surface area contributed by atoms with Crippen LogP contribution in [0, 0.1) is 16.0 Å². The predicted molar refractivity (Wildman–Crippen MR) is 82.3 cm³/mol. The lowest BCUT2D eigenvalue weighted by Crippen LogP contribution is -2.36. The van der Waals surface area contributed by atoms with E-state index in [2.05, 4.69) is 5.32 Å². The molecule has 1 saturated carbocycles. The highest BCUT2D eigenvalue weighted by Gasteiger charge is 2.37. The minimum atomic E-state index is -3.69. The minimum absolute atomic E-state index is 0.0140. The van der Waals surface area contributed by atoms with Crippen molar-refractivity contribution < 1.29 is 13.3 Å². The van der Waals surface area contributed by atoms with Gasteiger partial charge in [0.05, 0.1) is 4.92 Å². The summed E-state index contributed by atoms with van der Waals surface area (Å²) in [6.07, 6.45) is 2.07. The molecule has 118 valence electrons. The maximum absolute atomic E-state index is 12.6. The second kappa shape index (κ2) is 5.90. The smallest absolute Gasteiger partial charge is 0.304 e. The standard InChI is InChI=1S/C12H19N3O4S2/c1-4-13-12-10(15(16)17)7-11(20-12)21(18,19)14(3)8(2)9-5-6-9/h7-9,13H,4-6H2,1-3H3. The van der Waals surface area contributed by atoms with Crippen molar-refractivity contribution in [2.24, 2.45) is 5.92 Å². The first-order chi connectivity index (χ1) is 9.78. The van der Waals surface area contributed by atoms with Crippen molar-refractivity contribution in [2.75, 3.05) is 18.9 Å². The fraction of sp³-hybridized carbons (Fsp3) is 0.667. The van der Waals surface area contributed by atoms with Gasteiger partial charge in [0.25, 0.3) is 10.0 Å². The van der Waals surface area contributed by atoms with Crippen LogP contribution in [0.4, 0.5) is 10.7 Å². The van der Waals surface area contributed by atoms with Crippen LogP contribution in [-0.2, 0) is 10.0 Å². The molecule has 0 amide bonds. The van der Waals surface area contributed by atoms with Gasteiger partial charge in [-0.3, -0.25) is 10.1 Å². The SMILES string of the molecule is CCNc1sc(S(=O)(=O)N(C)C(C)C2CC2)cc1[N+](=O)[O-]. The number of sulfonamides is 1. The fourth-order valence-corrected chi connectivity index (χ4v) is 5.15. The van der Waals surface area contributed by atoms with E-state index < -0.39 is 14.9 Å². The average molecular weight is 333 g/mol. The van der Waals surface area contributed by atoms with Crippen LogP contribution in [-0.4, -0.2) is 37.3 Å². The van der Waals surface area contributed by atoms with E-state index in [4.69, 9.17) is 0 Å². The Balaban J connectivity index is 2.35. The van der Waals surface area contributed by atoms with Gasteiger partial charge >= 0.3 is 5.69 Å². The molecule has 1 heterocycles. The highest BCUT2D eigenvalue weighted by Crippen LogP contribution is 2.40. The van der Waals surface area contributed by atoms with Crippen molar-refractivity contribution in [1.29, 1.82) is 0 Å². The van der Waals surface area contributed by atoms with Crippen LogP contribution in [0.3, 0.4) is 0 Å². The summed E-state index contributed by atoms with van der Waals surface area (Å²) < 4.78 is 26.5. The van der Waals surface area contributed by atoms with Crippen LogP contribution in [0.5, 0.6) is 0 Å². The molecule has 1 aromatic rings. The first-order valence-electron chi connectivity index (χ1n) is 6.79. The molecule has 0 aromatic carbocycles. The summed E-state index contributed by atoms with van der Waals surface area (Å²) in [6, 6.07) is 1.06. The molecule has 1 fully saturated rings. The van der Waals surface area contributed by atoms with E-state index in [0.29, 0.717) is 12.5 Å². The summed E-state index contributed by atoms with van der Waals surface area (Å²) >= 11 is 0.915. The van der Waals surface area contributed by atoms with Crippen molar-refractivity contribution in [3.8, 4) is 0 Å². The molecule has 9 heteroatoms. The third-order valence-electron chi connectivity index (χ3n) is 3.74. The molecule has 1 N–H and O–H groups in total. The van der Waals surface area contributed by atoms with Crippen molar-refractivity contribution in [1.82, 2.24) is 4.31 Å². The second-order valence-corrected chi connectivity index (χ2v) is 8.44. The summed E-state index contributed by atoms with van der Waals surface area (Å²) in [6.45, 7) is 4.18. The number of anilines is 1. The predicted octanol–water partition coefficient (Wildman–Crippen LogP) is 2.51. The Labute approximate surface area is 128 Å². The van der Waals surface area contributed by atoms with Gasteiger partial charge in [-0.25, -0.2) is 8.42 Å². The van der Waals surface area contributed by atoms with E-state index in [0.717, 1.165) is 30.2 Å². The molecule has 0 spiro atoms. The zero-order valence-electron chi connectivity index (χ0n) is 12.2. The lowest BCUT2D eigenvalue weighted by atomic mass is 10.2. The van der Waals surface area contributed by atoms with Crippen molar-refractivity contribution >= 4 is 32.0 Å². The molecular formula is C12H19N3O4S2. The number of rotatable bonds is 7. The molecule has 0 aliphatic heterocycles. The first kappa shape index (κ1) is 16.2. The zero-order chi connectivity index (χ0) is 15.8. The van der Waals surface area contributed by atoms with E-state index in [1.165, 1.54) is 11.4 Å². The van der Waals surface area contributed by atoms with Gasteiger partial charge in [-0.1, -0.05) is 11.3 Å². The highest BCUT2D eigenvalue weighted by atomic mass is 32.2. The third-order valence-corrected chi connectivity index (χ3v) is 7.21. The van der Waals surface area contributed by atoms with Gasteiger partial charge in [0.2, 0.25) is 0 Å². The monoisotopic (exact) mass is 333 g/mol. The van der Waals surface area contributed by atoms with Crippen LogP contribution in [0.25, 0.3) is 0 Å². The Bertz CT molecular complexity index is 637. The van der Waals surface area contributed by atoms with Crippen LogP contribution in [0.1, 0.15) is 26.7 Å². The molecule has 1 atom stereocenters. The zero-order valence-corrected chi connectivity index (χ0v) is 13.8. The molecule has 1 aromatic heterocycles. The average Bonchev–Trinajstić information content (AvgIpc) is 3.17. The molecule has 1 aliphatic carbocycles. The summed E-state index contributed by atoms with van der Waals surface area (Å²) in [4.78, 5) is 10.5. The molecule has 0 saturated heterocycles. The Kier molecular flexibility index (Phi) is 4.54. The van der Waals surface area contributed by atoms with Gasteiger partial charge < -0.3 is 5.32 Å². The van der Waals surface area contributed by atoms with E-state index in [-0.39, 0.29) is 20.9 Å². The molecule has 1 aliphatic rings. The lowest BCUT2D eigenvalue weighted by molar-refractivity contribution is -0.383. The number of thiophene rings is 1. The van der Waals surface area contributed by atoms with Crippen molar-refractivity contribution in [2.45, 2.75) is 36.9 Å². The largest absolute Gasteiger partial charge is 0.372 e. The summed E-state index contributed by atoms with van der Waals surface area (Å²) in [7, 11) is -2.15. The van der Waals surface area contributed by atoms with E-state index in [1.54, 1.807) is 6.92 Å². The molecule has 21 heavy (non-hydrogen) atoms. The molecule has 0 bridgehead atoms. The topological polar surface area (TPSA) is 92.6 Å². The maximum atomic E-state index is 12.6. The summed E-state index contributed by atoms with van der Waals surface area (Å²) in [5, 5.41) is 14.2. The maximum Gasteiger partial charge on any atom is 0.304 e. The van der Waals surface area contributed by atoms with Crippen molar-refractivity contribution in [3.63, 3.8) is 0 Å². The quantitative estimate of drug-likeness (QED) is 0.611. The number of hydrogen-bond donors (Lipinski definition) is 1. The Morgan fingerprint density at radius 2 is 2.19 bits per heavy atom. The van der Waals surface area contributed by atoms with E-state index in [9.17, 15) is 18.5 Å². The normalized spacial score (nSPS) is 17.0. The van der Waals surface area contributed by atoms with Gasteiger partial charge in [0, 0.05) is 25.7 Å². The van der Waals surface area contributed by atoms with Crippen LogP contribution in [0.15, 0.2) is 10.3 Å². The lowest BCUT2D eigenvalue weighted by Gasteiger charge is -2.23. The van der Waals surface area contributed by atoms with Crippen LogP contribution < -0.4 is 5.32 Å². The van der Waals surface area contributed by atoms with Gasteiger partial charge in [-0.15, -0.1) is 0 Å². The Morgan fingerprint density at radius 3 is 2.67 bits per heavy atom. The fourth-order valence-electron chi connectivity index (χ4n) is 2.15. The number of nitrogens with one attached hydrogen (secondary N) is 1. The number of nitrogens with zero attached hydrogens (tertiary/aromatic N) is 2. The third kappa shape index (κ3) is 3.19. The molecular weight excluding hydrogens is 314 g/mol. The summed E-state index contributed by atoms with van der Waals surface area (Å²) in [5.74, 6) is 0.396. The Hall–Kier alpha value is -1.19. The Morgan fingerprint density at radius 1 is 1.57 bits per heavy atom.